The van der Waals surface area contributed by atoms with Crippen molar-refractivity contribution in [3.05, 3.63) is 36.8 Å². The van der Waals surface area contributed by atoms with E-state index >= 15 is 0 Å². The molecule has 6 rings (SSSR count). The van der Waals surface area contributed by atoms with Gasteiger partial charge in [0.15, 0.2) is 0 Å². The molecule has 1 saturated carbocycles. The number of hydrogen-bond donors (Lipinski definition) is 1. The molecule has 0 radical (unpaired) electrons. The number of ether oxygens (including phenoxy) is 2. The van der Waals surface area contributed by atoms with E-state index < -0.39 is 0 Å². The second-order valence-corrected chi connectivity index (χ2v) is 9.88. The zero-order valence-electron chi connectivity index (χ0n) is 19.2. The first-order valence-electron chi connectivity index (χ1n) is 12.4. The summed E-state index contributed by atoms with van der Waals surface area (Å²) in [5, 5.41) is 0.941. The number of nitrogen functional groups attached to an aromatic ring is 1. The van der Waals surface area contributed by atoms with E-state index in [4.69, 9.17) is 15.2 Å². The number of benzene rings is 1. The van der Waals surface area contributed by atoms with Crippen molar-refractivity contribution in [3.8, 4) is 16.9 Å². The molecular formula is C26H33N5O2. The Morgan fingerprint density at radius 2 is 2.03 bits per heavy atom. The Morgan fingerprint density at radius 1 is 1.12 bits per heavy atom. The minimum absolute atomic E-state index is 0.191. The lowest BCUT2D eigenvalue weighted by Crippen LogP contribution is -2.43. The lowest BCUT2D eigenvalue weighted by atomic mass is 9.79. The van der Waals surface area contributed by atoms with Crippen molar-refractivity contribution in [2.24, 2.45) is 5.92 Å². The van der Waals surface area contributed by atoms with Gasteiger partial charge in [-0.2, -0.15) is 0 Å². The smallest absolute Gasteiger partial charge is 0.146 e. The standard InChI is InChI=1S/C26H33N5O2/c27-25-24-23(19-5-3-7-21(13-19)33-16-22-6-1-2-10-32-22)15-31(26(24)29-17-28-25)20-11-18(12-20)14-30-8-4-9-30/h3,5,7,13,15,17-18,20,22H,1-2,4,6,8-12,14,16H2,(H2,27,28,29)/t18-,20+,22-/m1/s1. The van der Waals surface area contributed by atoms with E-state index in [1.54, 1.807) is 6.33 Å². The molecule has 3 aliphatic rings. The van der Waals surface area contributed by atoms with Gasteiger partial charge in [-0.15, -0.1) is 0 Å². The highest BCUT2D eigenvalue weighted by molar-refractivity contribution is 6.00. The van der Waals surface area contributed by atoms with E-state index in [0.717, 1.165) is 53.3 Å². The molecule has 2 saturated heterocycles. The lowest BCUT2D eigenvalue weighted by Gasteiger charge is -2.42. The van der Waals surface area contributed by atoms with E-state index in [2.05, 4.69) is 37.8 Å². The van der Waals surface area contributed by atoms with Crippen molar-refractivity contribution < 1.29 is 9.47 Å². The third-order valence-corrected chi connectivity index (χ3v) is 7.56. The lowest BCUT2D eigenvalue weighted by molar-refractivity contribution is -0.0110. The fraction of sp³-hybridized carbons (Fsp3) is 0.538. The second kappa shape index (κ2) is 8.95. The number of fused-ring (bicyclic) bond motifs is 1. The maximum absolute atomic E-state index is 6.36. The van der Waals surface area contributed by atoms with E-state index in [9.17, 15) is 0 Å². The van der Waals surface area contributed by atoms with Gasteiger partial charge in [-0.1, -0.05) is 12.1 Å². The number of anilines is 1. The van der Waals surface area contributed by atoms with Crippen LogP contribution in [0.15, 0.2) is 36.8 Å². The zero-order valence-corrected chi connectivity index (χ0v) is 19.2. The van der Waals surface area contributed by atoms with Gasteiger partial charge in [0.1, 0.15) is 30.1 Å². The molecule has 2 N–H and O–H groups in total. The molecule has 3 fully saturated rings. The summed E-state index contributed by atoms with van der Waals surface area (Å²) >= 11 is 0. The summed E-state index contributed by atoms with van der Waals surface area (Å²) in [6.07, 6.45) is 11.2. The maximum Gasteiger partial charge on any atom is 0.146 e. The zero-order chi connectivity index (χ0) is 22.2. The number of aromatic nitrogens is 3. The van der Waals surface area contributed by atoms with Crippen molar-refractivity contribution in [3.63, 3.8) is 0 Å². The summed E-state index contributed by atoms with van der Waals surface area (Å²) in [7, 11) is 0. The summed E-state index contributed by atoms with van der Waals surface area (Å²) < 4.78 is 14.3. The highest BCUT2D eigenvalue weighted by atomic mass is 16.5. The Morgan fingerprint density at radius 3 is 2.82 bits per heavy atom. The Labute approximate surface area is 194 Å². The van der Waals surface area contributed by atoms with Crippen LogP contribution in [0.2, 0.25) is 0 Å². The minimum atomic E-state index is 0.191. The number of nitrogens with zero attached hydrogens (tertiary/aromatic N) is 4. The van der Waals surface area contributed by atoms with Crippen LogP contribution in [0.5, 0.6) is 5.75 Å². The highest BCUT2D eigenvalue weighted by Gasteiger charge is 2.34. The Balaban J connectivity index is 1.24. The highest BCUT2D eigenvalue weighted by Crippen LogP contribution is 2.43. The first-order valence-corrected chi connectivity index (χ1v) is 12.4. The van der Waals surface area contributed by atoms with Gasteiger partial charge in [0.25, 0.3) is 0 Å². The summed E-state index contributed by atoms with van der Waals surface area (Å²) in [6.45, 7) is 5.22. The molecule has 0 unspecified atom stereocenters. The monoisotopic (exact) mass is 447 g/mol. The third-order valence-electron chi connectivity index (χ3n) is 7.56. The van der Waals surface area contributed by atoms with Gasteiger partial charge >= 0.3 is 0 Å². The summed E-state index contributed by atoms with van der Waals surface area (Å²) in [6, 6.07) is 8.74. The number of likely N-dealkylation sites (tertiary alicyclic amines) is 1. The quantitative estimate of drug-likeness (QED) is 0.582. The molecule has 1 aliphatic carbocycles. The number of rotatable bonds is 7. The van der Waals surface area contributed by atoms with Crippen molar-refractivity contribution in [2.75, 3.05) is 38.6 Å². The fourth-order valence-corrected chi connectivity index (χ4v) is 5.49. The minimum Gasteiger partial charge on any atom is -0.491 e. The van der Waals surface area contributed by atoms with Gasteiger partial charge in [0.05, 0.1) is 11.5 Å². The van der Waals surface area contributed by atoms with Gasteiger partial charge in [-0.3, -0.25) is 0 Å². The molecule has 7 nitrogen and oxygen atoms in total. The molecule has 4 heterocycles. The van der Waals surface area contributed by atoms with E-state index in [-0.39, 0.29) is 6.10 Å². The fourth-order valence-electron chi connectivity index (χ4n) is 5.49. The first-order chi connectivity index (χ1) is 16.2. The van der Waals surface area contributed by atoms with Crippen LogP contribution in [0.4, 0.5) is 5.82 Å². The van der Waals surface area contributed by atoms with Crippen LogP contribution in [0.3, 0.4) is 0 Å². The average molecular weight is 448 g/mol. The molecule has 2 aromatic heterocycles. The topological polar surface area (TPSA) is 78.4 Å². The van der Waals surface area contributed by atoms with Crippen LogP contribution in [0.1, 0.15) is 44.6 Å². The molecule has 0 bridgehead atoms. The van der Waals surface area contributed by atoms with Gasteiger partial charge in [0, 0.05) is 31.0 Å². The molecular weight excluding hydrogens is 414 g/mol. The number of hydrogen-bond acceptors (Lipinski definition) is 6. The van der Waals surface area contributed by atoms with Gasteiger partial charge in [-0.05, 0) is 75.2 Å². The molecule has 1 aromatic carbocycles. The molecule has 3 aromatic rings. The van der Waals surface area contributed by atoms with E-state index in [1.165, 1.54) is 45.3 Å². The summed E-state index contributed by atoms with van der Waals surface area (Å²) in [4.78, 5) is 11.5. The van der Waals surface area contributed by atoms with Gasteiger partial charge < -0.3 is 24.7 Å². The second-order valence-electron chi connectivity index (χ2n) is 9.88. The largest absolute Gasteiger partial charge is 0.491 e. The average Bonchev–Trinajstić information content (AvgIpc) is 3.17. The SMILES string of the molecule is Nc1ncnc2c1c(-c1cccc(OC[C@H]3CCCCO3)c1)cn2[C@H]1C[C@@H](CN2CCC2)C1. The van der Waals surface area contributed by atoms with Gasteiger partial charge in [-0.25, -0.2) is 9.97 Å². The van der Waals surface area contributed by atoms with Crippen molar-refractivity contribution >= 4 is 16.9 Å². The molecule has 1 atom stereocenters. The Kier molecular flexibility index (Phi) is 5.68. The summed E-state index contributed by atoms with van der Waals surface area (Å²) in [5.41, 5.74) is 9.46. The predicted octanol–water partition coefficient (Wildman–Crippen LogP) is 4.29. The van der Waals surface area contributed by atoms with E-state index in [1.807, 2.05) is 12.1 Å². The van der Waals surface area contributed by atoms with Crippen molar-refractivity contribution in [1.29, 1.82) is 0 Å². The first kappa shape index (κ1) is 20.9. The van der Waals surface area contributed by atoms with E-state index in [0.29, 0.717) is 18.5 Å². The molecule has 33 heavy (non-hydrogen) atoms. The van der Waals surface area contributed by atoms with Crippen LogP contribution in [-0.2, 0) is 4.74 Å². The van der Waals surface area contributed by atoms with Crippen LogP contribution in [0.25, 0.3) is 22.2 Å². The van der Waals surface area contributed by atoms with Crippen LogP contribution >= 0.6 is 0 Å². The van der Waals surface area contributed by atoms with Crippen LogP contribution in [0, 0.1) is 5.92 Å². The molecule has 0 spiro atoms. The van der Waals surface area contributed by atoms with Crippen molar-refractivity contribution in [1.82, 2.24) is 19.4 Å². The molecule has 174 valence electrons. The van der Waals surface area contributed by atoms with Crippen molar-refractivity contribution in [2.45, 2.75) is 50.7 Å². The predicted molar refractivity (Wildman–Crippen MR) is 129 cm³/mol. The maximum atomic E-state index is 6.36. The normalized spacial score (nSPS) is 25.5. The van der Waals surface area contributed by atoms with Crippen LogP contribution in [-0.4, -0.2) is 58.4 Å². The van der Waals surface area contributed by atoms with Gasteiger partial charge in [0.2, 0.25) is 0 Å². The third kappa shape index (κ3) is 4.20. The molecule has 2 aliphatic heterocycles. The van der Waals surface area contributed by atoms with Crippen LogP contribution < -0.4 is 10.5 Å². The molecule has 7 heteroatoms. The summed E-state index contributed by atoms with van der Waals surface area (Å²) in [5.74, 6) is 2.18. The Bertz CT molecular complexity index is 1110. The Hall–Kier alpha value is -2.64. The molecule has 0 amide bonds. The number of nitrogens with two attached hydrogens (primary N) is 1.